The summed E-state index contributed by atoms with van der Waals surface area (Å²) in [6.07, 6.45) is 3.59. The molecule has 0 amide bonds. The Hall–Kier alpha value is -2.81. The van der Waals surface area contributed by atoms with Gasteiger partial charge in [-0.2, -0.15) is 5.11 Å². The zero-order valence-electron chi connectivity index (χ0n) is 12.3. The van der Waals surface area contributed by atoms with Crippen molar-refractivity contribution < 1.29 is 0 Å². The Morgan fingerprint density at radius 2 is 1.73 bits per heavy atom. The van der Waals surface area contributed by atoms with E-state index in [0.29, 0.717) is 0 Å². The highest BCUT2D eigenvalue weighted by atomic mass is 15.1. The van der Waals surface area contributed by atoms with Gasteiger partial charge in [-0.05, 0) is 37.1 Å². The summed E-state index contributed by atoms with van der Waals surface area (Å²) in [5.74, 6) is 0. The van der Waals surface area contributed by atoms with E-state index in [2.05, 4.69) is 16.8 Å². The first-order chi connectivity index (χ1) is 10.9. The molecule has 0 saturated carbocycles. The lowest BCUT2D eigenvalue weighted by molar-refractivity contribution is 0.949. The van der Waals surface area contributed by atoms with Gasteiger partial charge in [0.15, 0.2) is 0 Å². The Morgan fingerprint density at radius 1 is 0.955 bits per heavy atom. The minimum Gasteiger partial charge on any atom is -0.251 e. The number of rotatable bonds is 5. The van der Waals surface area contributed by atoms with Crippen LogP contribution in [0.5, 0.6) is 0 Å². The Balaban J connectivity index is 2.01. The van der Waals surface area contributed by atoms with Crippen molar-refractivity contribution in [3.05, 3.63) is 79.0 Å². The van der Waals surface area contributed by atoms with Gasteiger partial charge in [-0.3, -0.25) is 4.98 Å². The van der Waals surface area contributed by atoms with Gasteiger partial charge in [0.2, 0.25) is 0 Å². The average Bonchev–Trinajstić information content (AvgIpc) is 2.58. The molecule has 3 nitrogen and oxygen atoms in total. The number of nitrogens with zero attached hydrogens (tertiary/aromatic N) is 3. The molecule has 22 heavy (non-hydrogen) atoms. The van der Waals surface area contributed by atoms with Crippen LogP contribution >= 0.6 is 0 Å². The van der Waals surface area contributed by atoms with Crippen molar-refractivity contribution in [1.29, 1.82) is 0 Å². The summed E-state index contributed by atoms with van der Waals surface area (Å²) in [6, 6.07) is 19.8. The van der Waals surface area contributed by atoms with E-state index in [1.807, 2.05) is 66.7 Å². The number of hydrogen-bond acceptors (Lipinski definition) is 3. The normalized spacial score (nSPS) is 11.1. The Labute approximate surface area is 130 Å². The molecule has 0 fully saturated rings. The van der Waals surface area contributed by atoms with Crippen molar-refractivity contribution in [2.24, 2.45) is 10.2 Å². The average molecular weight is 287 g/mol. The van der Waals surface area contributed by atoms with Crippen LogP contribution in [-0.2, 0) is 6.42 Å². The van der Waals surface area contributed by atoms with Crippen LogP contribution in [0.1, 0.15) is 12.1 Å². The number of benzene rings is 2. The molecule has 0 radical (unpaired) electrons. The third-order valence-electron chi connectivity index (χ3n) is 3.39. The van der Waals surface area contributed by atoms with E-state index in [1.165, 1.54) is 0 Å². The Bertz CT molecular complexity index is 807. The standard InChI is InChI=1S/C19H17N3/c1-2-3-12-18-19(22-21-16-10-5-4-6-11-16)14-15-9-7-8-13-17(15)20-18/h2,4-11,13-14H,1,3,12H2. The number of azo groups is 1. The van der Waals surface area contributed by atoms with Gasteiger partial charge < -0.3 is 0 Å². The molecule has 108 valence electrons. The van der Waals surface area contributed by atoms with Gasteiger partial charge >= 0.3 is 0 Å². The molecule has 0 aliphatic heterocycles. The van der Waals surface area contributed by atoms with Crippen LogP contribution in [0.3, 0.4) is 0 Å². The molecule has 0 spiro atoms. The van der Waals surface area contributed by atoms with Crippen molar-refractivity contribution in [2.75, 3.05) is 0 Å². The van der Waals surface area contributed by atoms with Crippen LogP contribution in [0.25, 0.3) is 10.9 Å². The second-order valence-electron chi connectivity index (χ2n) is 5.01. The predicted octanol–water partition coefficient (Wildman–Crippen LogP) is 5.77. The van der Waals surface area contributed by atoms with Gasteiger partial charge in [0.1, 0.15) is 5.69 Å². The molecule has 3 heteroatoms. The number of aromatic nitrogens is 1. The second kappa shape index (κ2) is 6.76. The number of pyridine rings is 1. The van der Waals surface area contributed by atoms with E-state index >= 15 is 0 Å². The monoisotopic (exact) mass is 287 g/mol. The molecule has 0 aliphatic rings. The van der Waals surface area contributed by atoms with Crippen LogP contribution in [0.2, 0.25) is 0 Å². The summed E-state index contributed by atoms with van der Waals surface area (Å²) < 4.78 is 0. The maximum atomic E-state index is 4.72. The van der Waals surface area contributed by atoms with Crippen molar-refractivity contribution in [3.63, 3.8) is 0 Å². The highest BCUT2D eigenvalue weighted by molar-refractivity contribution is 5.81. The molecule has 0 unspecified atom stereocenters. The molecular formula is C19H17N3. The first kappa shape index (κ1) is 14.1. The summed E-state index contributed by atoms with van der Waals surface area (Å²) in [4.78, 5) is 4.72. The fourth-order valence-corrected chi connectivity index (χ4v) is 2.26. The number of fused-ring (bicyclic) bond motifs is 1. The first-order valence-electron chi connectivity index (χ1n) is 7.33. The Kier molecular flexibility index (Phi) is 4.35. The van der Waals surface area contributed by atoms with Crippen molar-refractivity contribution in [1.82, 2.24) is 4.98 Å². The molecule has 0 aliphatic carbocycles. The van der Waals surface area contributed by atoms with E-state index in [-0.39, 0.29) is 0 Å². The molecule has 0 saturated heterocycles. The number of para-hydroxylation sites is 1. The largest absolute Gasteiger partial charge is 0.251 e. The van der Waals surface area contributed by atoms with E-state index in [9.17, 15) is 0 Å². The lowest BCUT2D eigenvalue weighted by atomic mass is 10.1. The van der Waals surface area contributed by atoms with Crippen LogP contribution in [0, 0.1) is 0 Å². The molecule has 3 rings (SSSR count). The third-order valence-corrected chi connectivity index (χ3v) is 3.39. The van der Waals surface area contributed by atoms with E-state index in [4.69, 9.17) is 4.98 Å². The van der Waals surface area contributed by atoms with Crippen LogP contribution in [0.4, 0.5) is 11.4 Å². The summed E-state index contributed by atoms with van der Waals surface area (Å²) in [7, 11) is 0. The minimum atomic E-state index is 0.817. The highest BCUT2D eigenvalue weighted by Crippen LogP contribution is 2.26. The van der Waals surface area contributed by atoms with Gasteiger partial charge in [-0.1, -0.05) is 42.5 Å². The van der Waals surface area contributed by atoms with E-state index in [1.54, 1.807) is 0 Å². The smallest absolute Gasteiger partial charge is 0.108 e. The van der Waals surface area contributed by atoms with Crippen molar-refractivity contribution in [2.45, 2.75) is 12.8 Å². The van der Waals surface area contributed by atoms with Gasteiger partial charge in [-0.25, -0.2) is 0 Å². The SMILES string of the molecule is C=CCCc1nc2ccccc2cc1N=Nc1ccccc1. The van der Waals surface area contributed by atoms with Crippen LogP contribution in [0.15, 0.2) is 83.5 Å². The van der Waals surface area contributed by atoms with Crippen LogP contribution in [-0.4, -0.2) is 4.98 Å². The highest BCUT2D eigenvalue weighted by Gasteiger charge is 2.06. The lowest BCUT2D eigenvalue weighted by Gasteiger charge is -2.05. The number of hydrogen-bond donors (Lipinski definition) is 0. The topological polar surface area (TPSA) is 37.6 Å². The van der Waals surface area contributed by atoms with E-state index in [0.717, 1.165) is 40.8 Å². The van der Waals surface area contributed by atoms with Crippen molar-refractivity contribution in [3.8, 4) is 0 Å². The fraction of sp³-hybridized carbons (Fsp3) is 0.105. The minimum absolute atomic E-state index is 0.817. The second-order valence-corrected chi connectivity index (χ2v) is 5.01. The van der Waals surface area contributed by atoms with E-state index < -0.39 is 0 Å². The summed E-state index contributed by atoms with van der Waals surface area (Å²) in [5.41, 5.74) is 3.60. The predicted molar refractivity (Wildman–Crippen MR) is 90.9 cm³/mol. The third kappa shape index (κ3) is 3.26. The molecule has 1 heterocycles. The zero-order valence-corrected chi connectivity index (χ0v) is 12.3. The maximum absolute atomic E-state index is 4.72. The first-order valence-corrected chi connectivity index (χ1v) is 7.33. The molecule has 0 N–H and O–H groups in total. The molecule has 1 aromatic heterocycles. The van der Waals surface area contributed by atoms with Crippen molar-refractivity contribution >= 4 is 22.3 Å². The lowest BCUT2D eigenvalue weighted by Crippen LogP contribution is -1.91. The number of allylic oxidation sites excluding steroid dienone is 1. The molecule has 0 atom stereocenters. The quantitative estimate of drug-likeness (QED) is 0.433. The molecular weight excluding hydrogens is 270 g/mol. The molecule has 0 bridgehead atoms. The van der Waals surface area contributed by atoms with Gasteiger partial charge in [0, 0.05) is 5.39 Å². The number of aryl methyl sites for hydroxylation is 1. The van der Waals surface area contributed by atoms with Gasteiger partial charge in [0.25, 0.3) is 0 Å². The summed E-state index contributed by atoms with van der Waals surface area (Å²) >= 11 is 0. The van der Waals surface area contributed by atoms with Gasteiger partial charge in [0.05, 0.1) is 16.9 Å². The fourth-order valence-electron chi connectivity index (χ4n) is 2.26. The maximum Gasteiger partial charge on any atom is 0.108 e. The zero-order chi connectivity index (χ0) is 15.2. The summed E-state index contributed by atoms with van der Waals surface area (Å²) in [6.45, 7) is 3.78. The van der Waals surface area contributed by atoms with Gasteiger partial charge in [-0.15, -0.1) is 11.7 Å². The Morgan fingerprint density at radius 3 is 2.55 bits per heavy atom. The molecule has 3 aromatic rings. The molecule has 2 aromatic carbocycles. The van der Waals surface area contributed by atoms with Crippen LogP contribution < -0.4 is 0 Å². The summed E-state index contributed by atoms with van der Waals surface area (Å²) in [5, 5.41) is 9.79.